The van der Waals surface area contributed by atoms with E-state index in [9.17, 15) is 0 Å². The SMILES string of the molecule is C[Se]c1ccc(/C=N/O)cc1. The topological polar surface area (TPSA) is 32.6 Å². The zero-order chi connectivity index (χ0) is 8.10. The van der Waals surface area contributed by atoms with E-state index in [1.807, 2.05) is 12.1 Å². The Kier molecular flexibility index (Phi) is 3.14. The first kappa shape index (κ1) is 8.31. The fraction of sp³-hybridized carbons (Fsp3) is 0.125. The van der Waals surface area contributed by atoms with E-state index >= 15 is 0 Å². The van der Waals surface area contributed by atoms with Crippen molar-refractivity contribution in [1.82, 2.24) is 0 Å². The van der Waals surface area contributed by atoms with E-state index in [1.54, 1.807) is 0 Å². The number of benzene rings is 1. The van der Waals surface area contributed by atoms with Crippen LogP contribution in [-0.2, 0) is 0 Å². The number of rotatable bonds is 2. The van der Waals surface area contributed by atoms with Crippen LogP contribution in [0.15, 0.2) is 29.4 Å². The summed E-state index contributed by atoms with van der Waals surface area (Å²) in [6, 6.07) is 7.99. The first-order chi connectivity index (χ1) is 5.36. The van der Waals surface area contributed by atoms with Crippen LogP contribution in [-0.4, -0.2) is 26.4 Å². The summed E-state index contributed by atoms with van der Waals surface area (Å²) in [7, 11) is 0. The van der Waals surface area contributed by atoms with Gasteiger partial charge in [0, 0.05) is 0 Å². The molecule has 2 nitrogen and oxygen atoms in total. The molecule has 0 aliphatic carbocycles. The summed E-state index contributed by atoms with van der Waals surface area (Å²) in [6.07, 6.45) is 1.42. The van der Waals surface area contributed by atoms with E-state index in [4.69, 9.17) is 5.21 Å². The molecule has 1 rings (SSSR count). The van der Waals surface area contributed by atoms with Crippen molar-refractivity contribution in [2.24, 2.45) is 5.16 Å². The predicted octanol–water partition coefficient (Wildman–Crippen LogP) is 0.872. The van der Waals surface area contributed by atoms with Gasteiger partial charge in [-0.15, -0.1) is 0 Å². The molecular weight excluding hydrogens is 205 g/mol. The molecule has 1 N–H and O–H groups in total. The molecule has 1 aromatic rings. The first-order valence-corrected chi connectivity index (χ1v) is 5.75. The van der Waals surface area contributed by atoms with E-state index in [1.165, 1.54) is 10.7 Å². The number of nitrogens with zero attached hydrogens (tertiary/aromatic N) is 1. The molecule has 0 bridgehead atoms. The van der Waals surface area contributed by atoms with Gasteiger partial charge in [-0.3, -0.25) is 0 Å². The fourth-order valence-corrected chi connectivity index (χ4v) is 1.61. The summed E-state index contributed by atoms with van der Waals surface area (Å²) < 4.78 is 1.35. The van der Waals surface area contributed by atoms with Crippen molar-refractivity contribution in [3.8, 4) is 0 Å². The third-order valence-corrected chi connectivity index (χ3v) is 2.88. The maximum absolute atomic E-state index is 8.22. The van der Waals surface area contributed by atoms with Gasteiger partial charge in [0.25, 0.3) is 0 Å². The summed E-state index contributed by atoms with van der Waals surface area (Å²) in [6.45, 7) is 0. The molecule has 0 aromatic heterocycles. The summed E-state index contributed by atoms with van der Waals surface area (Å²) in [4.78, 5) is 0. The molecule has 0 radical (unpaired) electrons. The average molecular weight is 214 g/mol. The monoisotopic (exact) mass is 215 g/mol. The number of hydrogen-bond donors (Lipinski definition) is 1. The Balaban J connectivity index is 2.82. The molecule has 58 valence electrons. The van der Waals surface area contributed by atoms with Crippen molar-refractivity contribution >= 4 is 25.6 Å². The van der Waals surface area contributed by atoms with E-state index in [2.05, 4.69) is 23.1 Å². The van der Waals surface area contributed by atoms with Gasteiger partial charge >= 0.3 is 71.6 Å². The van der Waals surface area contributed by atoms with Gasteiger partial charge in [-0.25, -0.2) is 0 Å². The van der Waals surface area contributed by atoms with Gasteiger partial charge in [-0.05, 0) is 0 Å². The molecule has 0 aliphatic heterocycles. The van der Waals surface area contributed by atoms with Crippen molar-refractivity contribution in [2.75, 3.05) is 0 Å². The molecule has 0 amide bonds. The second kappa shape index (κ2) is 4.16. The van der Waals surface area contributed by atoms with Gasteiger partial charge in [0.1, 0.15) is 0 Å². The van der Waals surface area contributed by atoms with Crippen molar-refractivity contribution in [1.29, 1.82) is 0 Å². The molecule has 0 aliphatic rings. The van der Waals surface area contributed by atoms with Crippen molar-refractivity contribution in [2.45, 2.75) is 5.82 Å². The Labute approximate surface area is 72.1 Å². The van der Waals surface area contributed by atoms with Crippen LogP contribution in [0.4, 0.5) is 0 Å². The Morgan fingerprint density at radius 2 is 2.00 bits per heavy atom. The molecule has 0 fully saturated rings. The molecule has 0 atom stereocenters. The fourth-order valence-electron chi connectivity index (χ4n) is 0.757. The number of oxime groups is 1. The summed E-state index contributed by atoms with van der Waals surface area (Å²) >= 11 is 0.550. The van der Waals surface area contributed by atoms with Gasteiger partial charge in [-0.2, -0.15) is 0 Å². The summed E-state index contributed by atoms with van der Waals surface area (Å²) in [5.74, 6) is 2.17. The van der Waals surface area contributed by atoms with Gasteiger partial charge in [0.05, 0.1) is 0 Å². The van der Waals surface area contributed by atoms with E-state index < -0.39 is 0 Å². The minimum atomic E-state index is 0.550. The predicted molar refractivity (Wildman–Crippen MR) is 47.1 cm³/mol. The molecule has 0 saturated carbocycles. The van der Waals surface area contributed by atoms with Gasteiger partial charge in [-0.1, -0.05) is 0 Å². The van der Waals surface area contributed by atoms with Gasteiger partial charge < -0.3 is 0 Å². The molecular formula is C8H9NOSe. The third-order valence-electron chi connectivity index (χ3n) is 1.32. The van der Waals surface area contributed by atoms with Crippen molar-refractivity contribution < 1.29 is 5.21 Å². The molecule has 0 spiro atoms. The quantitative estimate of drug-likeness (QED) is 0.337. The summed E-state index contributed by atoms with van der Waals surface area (Å²) in [5, 5.41) is 11.2. The van der Waals surface area contributed by atoms with Crippen LogP contribution >= 0.6 is 0 Å². The van der Waals surface area contributed by atoms with Gasteiger partial charge in [0.15, 0.2) is 0 Å². The third kappa shape index (κ3) is 2.37. The Bertz CT molecular complexity index is 243. The van der Waals surface area contributed by atoms with Crippen LogP contribution in [0.25, 0.3) is 0 Å². The molecule has 0 unspecified atom stereocenters. The van der Waals surface area contributed by atoms with Crippen molar-refractivity contribution in [3.05, 3.63) is 29.8 Å². The second-order valence-electron chi connectivity index (χ2n) is 2.02. The molecule has 11 heavy (non-hydrogen) atoms. The first-order valence-electron chi connectivity index (χ1n) is 3.18. The molecule has 0 heterocycles. The molecule has 3 heteroatoms. The van der Waals surface area contributed by atoms with Crippen LogP contribution in [0, 0.1) is 0 Å². The normalized spacial score (nSPS) is 10.6. The Morgan fingerprint density at radius 3 is 2.45 bits per heavy atom. The van der Waals surface area contributed by atoms with Gasteiger partial charge in [0.2, 0.25) is 0 Å². The van der Waals surface area contributed by atoms with Crippen LogP contribution in [0.3, 0.4) is 0 Å². The average Bonchev–Trinajstić information content (AvgIpc) is 2.07. The summed E-state index contributed by atoms with van der Waals surface area (Å²) in [5.41, 5.74) is 0.931. The number of hydrogen-bond acceptors (Lipinski definition) is 2. The zero-order valence-corrected chi connectivity index (χ0v) is 7.90. The van der Waals surface area contributed by atoms with Crippen LogP contribution in [0.1, 0.15) is 5.56 Å². The van der Waals surface area contributed by atoms with Crippen LogP contribution in [0.2, 0.25) is 5.82 Å². The standard InChI is InChI=1S/C8H9NOSe/c1-11-8-4-2-7(3-5-8)6-9-10/h2-6,10H,1H3/b9-6+. The van der Waals surface area contributed by atoms with Crippen LogP contribution in [0.5, 0.6) is 0 Å². The van der Waals surface area contributed by atoms with E-state index in [-0.39, 0.29) is 0 Å². The Morgan fingerprint density at radius 1 is 1.36 bits per heavy atom. The Hall–Kier alpha value is -0.791. The minimum absolute atomic E-state index is 0.550. The molecule has 1 aromatic carbocycles. The van der Waals surface area contributed by atoms with Crippen molar-refractivity contribution in [3.63, 3.8) is 0 Å². The van der Waals surface area contributed by atoms with Crippen LogP contribution < -0.4 is 4.46 Å². The van der Waals surface area contributed by atoms with E-state index in [0.717, 1.165) is 5.56 Å². The second-order valence-corrected chi connectivity index (χ2v) is 3.86. The molecule has 0 saturated heterocycles. The van der Waals surface area contributed by atoms with E-state index in [0.29, 0.717) is 15.0 Å². The zero-order valence-electron chi connectivity index (χ0n) is 6.19. The maximum atomic E-state index is 8.22.